The SMILES string of the molecule is C[C@H](CNC(=O)c1cc(C(F)(F)F)cc(C(F)(F)F)c1)[C@H]1CC[C@H]2[C@@H]3CC=C4C[C@@H](O)CC[C@]4(C)[C@H]3CCC12C. The van der Waals surface area contributed by atoms with Crippen LogP contribution in [0.15, 0.2) is 29.8 Å². The molecule has 2 N–H and O–H groups in total. The highest BCUT2D eigenvalue weighted by molar-refractivity contribution is 5.94. The second-order valence-electron chi connectivity index (χ2n) is 13.4. The van der Waals surface area contributed by atoms with Gasteiger partial charge in [-0.3, -0.25) is 4.79 Å². The molecule has 0 aromatic heterocycles. The predicted molar refractivity (Wildman–Crippen MR) is 139 cm³/mol. The first-order valence-electron chi connectivity index (χ1n) is 14.5. The van der Waals surface area contributed by atoms with Gasteiger partial charge in [0.1, 0.15) is 0 Å². The van der Waals surface area contributed by atoms with Crippen molar-refractivity contribution in [3.8, 4) is 0 Å². The second kappa shape index (κ2) is 10.1. The summed E-state index contributed by atoms with van der Waals surface area (Å²) in [6, 6.07) is 1.01. The van der Waals surface area contributed by atoms with E-state index in [1.54, 1.807) is 0 Å². The summed E-state index contributed by atoms with van der Waals surface area (Å²) in [6.45, 7) is 6.95. The Morgan fingerprint density at radius 1 is 0.975 bits per heavy atom. The average molecular weight is 572 g/mol. The Labute approximate surface area is 231 Å². The molecule has 0 radical (unpaired) electrons. The van der Waals surface area contributed by atoms with Crippen molar-refractivity contribution < 1.29 is 36.2 Å². The number of nitrogens with one attached hydrogen (secondary N) is 1. The van der Waals surface area contributed by atoms with Crippen LogP contribution in [0.4, 0.5) is 26.3 Å². The van der Waals surface area contributed by atoms with E-state index in [4.69, 9.17) is 0 Å². The van der Waals surface area contributed by atoms with Gasteiger partial charge >= 0.3 is 12.4 Å². The van der Waals surface area contributed by atoms with Crippen molar-refractivity contribution in [3.05, 3.63) is 46.5 Å². The summed E-state index contributed by atoms with van der Waals surface area (Å²) in [7, 11) is 0. The highest BCUT2D eigenvalue weighted by atomic mass is 19.4. The Kier molecular flexibility index (Phi) is 7.41. The molecular formula is C31H39F6NO2. The van der Waals surface area contributed by atoms with E-state index in [0.29, 0.717) is 35.8 Å². The molecule has 1 aromatic rings. The quantitative estimate of drug-likeness (QED) is 0.284. The molecule has 4 aliphatic rings. The molecule has 0 heterocycles. The lowest BCUT2D eigenvalue weighted by molar-refractivity contribution is -0.143. The van der Waals surface area contributed by atoms with Crippen LogP contribution in [-0.4, -0.2) is 23.7 Å². The maximum atomic E-state index is 13.3. The number of aliphatic hydroxyl groups is 1. The van der Waals surface area contributed by atoms with Gasteiger partial charge < -0.3 is 10.4 Å². The van der Waals surface area contributed by atoms with E-state index >= 15 is 0 Å². The first-order chi connectivity index (χ1) is 18.5. The van der Waals surface area contributed by atoms with Gasteiger partial charge in [-0.05, 0) is 110 Å². The molecule has 0 aliphatic heterocycles. The van der Waals surface area contributed by atoms with E-state index in [9.17, 15) is 36.2 Å². The number of alkyl halides is 6. The molecule has 0 bridgehead atoms. The van der Waals surface area contributed by atoms with Crippen LogP contribution in [0.3, 0.4) is 0 Å². The van der Waals surface area contributed by atoms with E-state index in [-0.39, 0.29) is 35.5 Å². The highest BCUT2D eigenvalue weighted by Crippen LogP contribution is 2.67. The smallest absolute Gasteiger partial charge is 0.393 e. The van der Waals surface area contributed by atoms with Crippen LogP contribution < -0.4 is 5.32 Å². The first-order valence-corrected chi connectivity index (χ1v) is 14.5. The summed E-state index contributed by atoms with van der Waals surface area (Å²) in [5.41, 5.74) is -1.99. The van der Waals surface area contributed by atoms with E-state index in [0.717, 1.165) is 51.4 Å². The van der Waals surface area contributed by atoms with Gasteiger partial charge in [-0.1, -0.05) is 32.4 Å². The normalized spacial score (nSPS) is 36.6. The predicted octanol–water partition coefficient (Wildman–Crippen LogP) is 8.03. The monoisotopic (exact) mass is 571 g/mol. The first kappa shape index (κ1) is 29.5. The number of fused-ring (bicyclic) bond motifs is 5. The van der Waals surface area contributed by atoms with Crippen molar-refractivity contribution in [2.45, 2.75) is 90.6 Å². The van der Waals surface area contributed by atoms with Gasteiger partial charge in [0.25, 0.3) is 5.91 Å². The van der Waals surface area contributed by atoms with Crippen LogP contribution in [0.25, 0.3) is 0 Å². The van der Waals surface area contributed by atoms with Gasteiger partial charge in [0, 0.05) is 12.1 Å². The molecule has 3 saturated carbocycles. The molecule has 3 fully saturated rings. The number of allylic oxidation sites excluding steroid dienone is 1. The lowest BCUT2D eigenvalue weighted by Crippen LogP contribution is -2.51. The molecule has 222 valence electrons. The zero-order chi connectivity index (χ0) is 29.3. The average Bonchev–Trinajstić information content (AvgIpc) is 3.23. The minimum absolute atomic E-state index is 0.0264. The summed E-state index contributed by atoms with van der Waals surface area (Å²) >= 11 is 0. The molecule has 9 heteroatoms. The van der Waals surface area contributed by atoms with Crippen molar-refractivity contribution >= 4 is 5.91 Å². The number of benzene rings is 1. The van der Waals surface area contributed by atoms with Gasteiger partial charge in [0.05, 0.1) is 17.2 Å². The van der Waals surface area contributed by atoms with Crippen LogP contribution in [-0.2, 0) is 12.4 Å². The number of hydrogen-bond donors (Lipinski definition) is 2. The lowest BCUT2D eigenvalue weighted by Gasteiger charge is -2.58. The largest absolute Gasteiger partial charge is 0.416 e. The molecule has 5 rings (SSSR count). The third-order valence-corrected chi connectivity index (χ3v) is 11.3. The van der Waals surface area contributed by atoms with Gasteiger partial charge in [0.2, 0.25) is 0 Å². The van der Waals surface area contributed by atoms with Crippen molar-refractivity contribution in [3.63, 3.8) is 0 Å². The summed E-state index contributed by atoms with van der Waals surface area (Å²) in [4.78, 5) is 12.8. The second-order valence-corrected chi connectivity index (χ2v) is 13.4. The summed E-state index contributed by atoms with van der Waals surface area (Å²) in [5.74, 6) is 1.10. The Bertz CT molecular complexity index is 1140. The standard InChI is InChI=1S/C31H39F6NO2/c1-17(16-38-27(40)18-12-20(30(32,33)34)14-21(13-18)31(35,36)37)24-6-7-25-23-5-4-19-15-22(39)8-10-28(19,2)26(23)9-11-29(24,25)3/h4,12-14,17,22-26,39H,5-11,15-16H2,1-3H3,(H,38,40)/t17-,22+,23+,24-,25+,26+,28+,29?/m1/s1. The number of amides is 1. The van der Waals surface area contributed by atoms with Crippen LogP contribution in [0.1, 0.15) is 93.6 Å². The lowest BCUT2D eigenvalue weighted by atomic mass is 9.47. The Hall–Kier alpha value is -2.03. The van der Waals surface area contributed by atoms with E-state index in [1.807, 2.05) is 6.92 Å². The molecular weight excluding hydrogens is 532 g/mol. The number of carbonyl (C=O) groups is 1. The van der Waals surface area contributed by atoms with Crippen LogP contribution in [0, 0.1) is 40.4 Å². The van der Waals surface area contributed by atoms with Crippen molar-refractivity contribution in [1.29, 1.82) is 0 Å². The maximum Gasteiger partial charge on any atom is 0.416 e. The van der Waals surface area contributed by atoms with E-state index in [1.165, 1.54) is 5.57 Å². The summed E-state index contributed by atoms with van der Waals surface area (Å²) in [5, 5.41) is 12.9. The molecule has 1 amide bonds. The number of aliphatic hydroxyl groups excluding tert-OH is 1. The third-order valence-electron chi connectivity index (χ3n) is 11.3. The molecule has 0 saturated heterocycles. The maximum absolute atomic E-state index is 13.3. The van der Waals surface area contributed by atoms with Crippen LogP contribution >= 0.6 is 0 Å². The Balaban J connectivity index is 1.28. The van der Waals surface area contributed by atoms with Crippen molar-refractivity contribution in [2.75, 3.05) is 6.54 Å². The van der Waals surface area contributed by atoms with E-state index in [2.05, 4.69) is 25.2 Å². The minimum atomic E-state index is -5.00. The molecule has 8 atom stereocenters. The topological polar surface area (TPSA) is 49.3 Å². The summed E-state index contributed by atoms with van der Waals surface area (Å²) < 4.78 is 79.5. The van der Waals surface area contributed by atoms with Crippen molar-refractivity contribution in [1.82, 2.24) is 5.32 Å². The zero-order valence-corrected chi connectivity index (χ0v) is 23.3. The van der Waals surface area contributed by atoms with Gasteiger partial charge in [-0.2, -0.15) is 26.3 Å². The highest BCUT2D eigenvalue weighted by Gasteiger charge is 2.59. The molecule has 4 aliphatic carbocycles. The minimum Gasteiger partial charge on any atom is -0.393 e. The van der Waals surface area contributed by atoms with E-state index < -0.39 is 35.0 Å². The molecule has 3 nitrogen and oxygen atoms in total. The fourth-order valence-corrected chi connectivity index (χ4v) is 9.20. The molecule has 1 aromatic carbocycles. The number of halogens is 6. The van der Waals surface area contributed by atoms with Crippen LogP contribution in [0.2, 0.25) is 0 Å². The van der Waals surface area contributed by atoms with Gasteiger partial charge in [-0.25, -0.2) is 0 Å². The number of hydrogen-bond acceptors (Lipinski definition) is 2. The fraction of sp³-hybridized carbons (Fsp3) is 0.710. The van der Waals surface area contributed by atoms with Crippen LogP contribution in [0.5, 0.6) is 0 Å². The van der Waals surface area contributed by atoms with Gasteiger partial charge in [0.15, 0.2) is 0 Å². The summed E-state index contributed by atoms with van der Waals surface area (Å²) in [6.07, 6.45) is 0.0613. The molecule has 40 heavy (non-hydrogen) atoms. The Morgan fingerprint density at radius 2 is 1.62 bits per heavy atom. The Morgan fingerprint density at radius 3 is 2.25 bits per heavy atom. The number of rotatable bonds is 4. The molecule has 0 spiro atoms. The number of carbonyl (C=O) groups excluding carboxylic acids is 1. The van der Waals surface area contributed by atoms with Gasteiger partial charge in [-0.15, -0.1) is 0 Å². The fourth-order valence-electron chi connectivity index (χ4n) is 9.20. The third kappa shape index (κ3) is 5.09. The molecule has 1 unspecified atom stereocenters. The zero-order valence-electron chi connectivity index (χ0n) is 23.3. The van der Waals surface area contributed by atoms with Crippen molar-refractivity contribution in [2.24, 2.45) is 40.4 Å².